The molecule has 0 saturated carbocycles. The van der Waals surface area contributed by atoms with E-state index in [1.807, 2.05) is 6.92 Å². The molecule has 1 saturated heterocycles. The van der Waals surface area contributed by atoms with Crippen molar-refractivity contribution in [2.45, 2.75) is 44.8 Å². The number of ketones is 1. The number of hydrogen-bond donors (Lipinski definition) is 0. The smallest absolute Gasteiger partial charge is 0.132 e. The molecule has 0 radical (unpaired) electrons. The lowest BCUT2D eigenvalue weighted by Crippen LogP contribution is -2.38. The molecule has 15 heavy (non-hydrogen) atoms. The molecule has 1 unspecified atom stereocenters. The molecule has 0 bridgehead atoms. The van der Waals surface area contributed by atoms with E-state index in [0.29, 0.717) is 12.2 Å². The summed E-state index contributed by atoms with van der Waals surface area (Å²) in [5.41, 5.74) is 0. The topological polar surface area (TPSA) is 20.3 Å². The van der Waals surface area contributed by atoms with E-state index >= 15 is 0 Å². The van der Waals surface area contributed by atoms with Crippen molar-refractivity contribution in [3.8, 4) is 0 Å². The highest BCUT2D eigenvalue weighted by Gasteiger charge is 2.18. The first-order valence-electron chi connectivity index (χ1n) is 6.12. The van der Waals surface area contributed by atoms with E-state index in [2.05, 4.69) is 23.6 Å². The van der Waals surface area contributed by atoms with Crippen molar-refractivity contribution in [3.05, 3.63) is 0 Å². The quantitative estimate of drug-likeness (QED) is 0.698. The van der Waals surface area contributed by atoms with Gasteiger partial charge < -0.3 is 4.90 Å². The fraction of sp³-hybridized carbons (Fsp3) is 0.917. The SMILES string of the molecule is CCC(=O)CCCN1CCSC(CC)C1. The van der Waals surface area contributed by atoms with Crippen LogP contribution in [0.5, 0.6) is 0 Å². The summed E-state index contributed by atoms with van der Waals surface area (Å²) in [6, 6.07) is 0. The van der Waals surface area contributed by atoms with Crippen molar-refractivity contribution in [2.75, 3.05) is 25.4 Å². The summed E-state index contributed by atoms with van der Waals surface area (Å²) in [4.78, 5) is 13.7. The predicted octanol–water partition coefficient (Wildman–Crippen LogP) is 2.57. The molecule has 1 fully saturated rings. The number of carbonyl (C=O) groups is 1. The maximum Gasteiger partial charge on any atom is 0.132 e. The van der Waals surface area contributed by atoms with Gasteiger partial charge in [0.15, 0.2) is 0 Å². The third-order valence-electron chi connectivity index (χ3n) is 3.00. The number of hydrogen-bond acceptors (Lipinski definition) is 3. The molecule has 0 aromatic rings. The minimum atomic E-state index is 0.411. The third kappa shape index (κ3) is 5.03. The van der Waals surface area contributed by atoms with Gasteiger partial charge in [-0.1, -0.05) is 13.8 Å². The summed E-state index contributed by atoms with van der Waals surface area (Å²) in [5, 5.41) is 0.820. The number of rotatable bonds is 6. The monoisotopic (exact) mass is 229 g/mol. The summed E-state index contributed by atoms with van der Waals surface area (Å²) >= 11 is 2.10. The third-order valence-corrected chi connectivity index (χ3v) is 4.37. The number of carbonyl (C=O) groups excluding carboxylic acids is 1. The first kappa shape index (κ1) is 13.0. The molecule has 1 aliphatic rings. The van der Waals surface area contributed by atoms with Gasteiger partial charge in [0, 0.05) is 36.9 Å². The van der Waals surface area contributed by atoms with Gasteiger partial charge in [-0.2, -0.15) is 11.8 Å². The minimum Gasteiger partial charge on any atom is -0.301 e. The number of nitrogens with zero attached hydrogens (tertiary/aromatic N) is 1. The second kappa shape index (κ2) is 7.29. The molecule has 1 aliphatic heterocycles. The molecule has 88 valence electrons. The van der Waals surface area contributed by atoms with Gasteiger partial charge in [-0.25, -0.2) is 0 Å². The van der Waals surface area contributed by atoms with Crippen LogP contribution in [0.1, 0.15) is 39.5 Å². The van der Waals surface area contributed by atoms with Crippen LogP contribution in [-0.2, 0) is 4.79 Å². The number of thioether (sulfide) groups is 1. The average Bonchev–Trinajstić information content (AvgIpc) is 2.29. The second-order valence-corrected chi connectivity index (χ2v) is 5.61. The molecule has 0 aromatic heterocycles. The second-order valence-electron chi connectivity index (χ2n) is 4.20. The van der Waals surface area contributed by atoms with Crippen LogP contribution in [0.25, 0.3) is 0 Å². The lowest BCUT2D eigenvalue weighted by Gasteiger charge is -2.31. The summed E-state index contributed by atoms with van der Waals surface area (Å²) in [6.45, 7) is 7.76. The standard InChI is InChI=1S/C12H23NOS/c1-3-11(14)6-5-7-13-8-9-15-12(4-2)10-13/h12H,3-10H2,1-2H3. The Balaban J connectivity index is 2.12. The molecule has 0 N–H and O–H groups in total. The Hall–Kier alpha value is -0.0200. The Kier molecular flexibility index (Phi) is 6.34. The molecule has 0 aromatic carbocycles. The molecule has 0 spiro atoms. The van der Waals surface area contributed by atoms with E-state index in [1.54, 1.807) is 0 Å². The van der Waals surface area contributed by atoms with Crippen molar-refractivity contribution in [3.63, 3.8) is 0 Å². The van der Waals surface area contributed by atoms with E-state index in [1.165, 1.54) is 25.3 Å². The van der Waals surface area contributed by atoms with Gasteiger partial charge in [-0.3, -0.25) is 4.79 Å². The van der Waals surface area contributed by atoms with E-state index < -0.39 is 0 Å². The molecule has 1 atom stereocenters. The lowest BCUT2D eigenvalue weighted by atomic mass is 10.1. The fourth-order valence-corrected chi connectivity index (χ4v) is 3.16. The van der Waals surface area contributed by atoms with Crippen molar-refractivity contribution < 1.29 is 4.79 Å². The minimum absolute atomic E-state index is 0.411. The van der Waals surface area contributed by atoms with Crippen LogP contribution < -0.4 is 0 Å². The van der Waals surface area contributed by atoms with Crippen LogP contribution in [0.2, 0.25) is 0 Å². The Morgan fingerprint density at radius 2 is 2.27 bits per heavy atom. The van der Waals surface area contributed by atoms with Crippen LogP contribution in [-0.4, -0.2) is 41.3 Å². The summed E-state index contributed by atoms with van der Waals surface area (Å²) in [5.74, 6) is 1.67. The van der Waals surface area contributed by atoms with E-state index in [0.717, 1.165) is 24.6 Å². The van der Waals surface area contributed by atoms with Crippen LogP contribution >= 0.6 is 11.8 Å². The summed E-state index contributed by atoms with van der Waals surface area (Å²) in [7, 11) is 0. The van der Waals surface area contributed by atoms with Gasteiger partial charge in [0.05, 0.1) is 0 Å². The maximum atomic E-state index is 11.2. The normalized spacial score (nSPS) is 22.9. The zero-order valence-corrected chi connectivity index (χ0v) is 10.8. The van der Waals surface area contributed by atoms with Gasteiger partial charge in [0.2, 0.25) is 0 Å². The fourth-order valence-electron chi connectivity index (χ4n) is 1.91. The van der Waals surface area contributed by atoms with Crippen molar-refractivity contribution >= 4 is 17.5 Å². The van der Waals surface area contributed by atoms with Crippen LogP contribution in [0.4, 0.5) is 0 Å². The van der Waals surface area contributed by atoms with Crippen molar-refractivity contribution in [1.29, 1.82) is 0 Å². The zero-order valence-electron chi connectivity index (χ0n) is 10.00. The molecule has 2 nitrogen and oxygen atoms in total. The first-order valence-corrected chi connectivity index (χ1v) is 7.16. The van der Waals surface area contributed by atoms with Crippen molar-refractivity contribution in [2.24, 2.45) is 0 Å². The Bertz CT molecular complexity index is 196. The largest absolute Gasteiger partial charge is 0.301 e. The molecule has 3 heteroatoms. The van der Waals surface area contributed by atoms with Crippen LogP contribution in [0.15, 0.2) is 0 Å². The molecular weight excluding hydrogens is 206 g/mol. The average molecular weight is 229 g/mol. The molecular formula is C12H23NOS. The maximum absolute atomic E-state index is 11.2. The summed E-state index contributed by atoms with van der Waals surface area (Å²) in [6.07, 6.45) is 3.80. The Labute approximate surface area is 97.8 Å². The highest BCUT2D eigenvalue weighted by Crippen LogP contribution is 2.21. The van der Waals surface area contributed by atoms with Gasteiger partial charge in [-0.15, -0.1) is 0 Å². The first-order chi connectivity index (χ1) is 7.26. The van der Waals surface area contributed by atoms with Gasteiger partial charge >= 0.3 is 0 Å². The van der Waals surface area contributed by atoms with Crippen LogP contribution in [0, 0.1) is 0 Å². The molecule has 1 rings (SSSR count). The van der Waals surface area contributed by atoms with Gasteiger partial charge in [0.25, 0.3) is 0 Å². The number of Topliss-reactive ketones (excluding diaryl/α,β-unsaturated/α-hetero) is 1. The Morgan fingerprint density at radius 1 is 1.47 bits per heavy atom. The highest BCUT2D eigenvalue weighted by atomic mass is 32.2. The predicted molar refractivity (Wildman–Crippen MR) is 67.5 cm³/mol. The molecule has 1 heterocycles. The van der Waals surface area contributed by atoms with Crippen molar-refractivity contribution in [1.82, 2.24) is 4.90 Å². The van der Waals surface area contributed by atoms with E-state index in [9.17, 15) is 4.79 Å². The molecule has 0 aliphatic carbocycles. The lowest BCUT2D eigenvalue weighted by molar-refractivity contribution is -0.118. The van der Waals surface area contributed by atoms with E-state index in [-0.39, 0.29) is 0 Å². The van der Waals surface area contributed by atoms with Gasteiger partial charge in [-0.05, 0) is 19.4 Å². The zero-order chi connectivity index (χ0) is 11.1. The van der Waals surface area contributed by atoms with Crippen LogP contribution in [0.3, 0.4) is 0 Å². The summed E-state index contributed by atoms with van der Waals surface area (Å²) < 4.78 is 0. The molecule has 0 amide bonds. The Morgan fingerprint density at radius 3 is 2.93 bits per heavy atom. The van der Waals surface area contributed by atoms with Gasteiger partial charge in [0.1, 0.15) is 5.78 Å². The van der Waals surface area contributed by atoms with E-state index in [4.69, 9.17) is 0 Å². The highest BCUT2D eigenvalue weighted by molar-refractivity contribution is 8.00.